The molecule has 3 rings (SSSR count). The molecule has 0 aliphatic rings. The molecule has 0 aliphatic heterocycles. The van der Waals surface area contributed by atoms with Gasteiger partial charge in [0.05, 0.1) is 5.02 Å². The molecule has 0 spiro atoms. The van der Waals surface area contributed by atoms with E-state index in [1.165, 1.54) is 41.7 Å². The van der Waals surface area contributed by atoms with Crippen LogP contribution in [0.5, 0.6) is 0 Å². The number of nitrogens with two attached hydrogens (primary N) is 2. The predicted molar refractivity (Wildman–Crippen MR) is 94.7 cm³/mol. The van der Waals surface area contributed by atoms with Gasteiger partial charge in [0.1, 0.15) is 22.6 Å². The standard InChI is InChI=1S/C11H7FN2S.C6H5ClFN/c12-10-3-1-7(14)5-9(10)11-4-2-8(6-13)15-11;7-5-3-4(9)1-2-6(5)8/h1-5H,14H2;1-3H,9H2. The molecule has 3 nitrogen and oxygen atoms in total. The summed E-state index contributed by atoms with van der Waals surface area (Å²) in [5, 5.41) is 8.73. The molecular weight excluding hydrogens is 352 g/mol. The number of benzene rings is 2. The third kappa shape index (κ3) is 4.44. The second kappa shape index (κ2) is 7.77. The molecular formula is C17H12ClF2N3S. The van der Waals surface area contributed by atoms with Gasteiger partial charge in [0, 0.05) is 21.8 Å². The van der Waals surface area contributed by atoms with Crippen molar-refractivity contribution in [3.63, 3.8) is 0 Å². The van der Waals surface area contributed by atoms with Crippen molar-refractivity contribution < 1.29 is 8.78 Å². The van der Waals surface area contributed by atoms with E-state index in [2.05, 4.69) is 0 Å². The zero-order valence-corrected chi connectivity index (χ0v) is 13.8. The highest BCUT2D eigenvalue weighted by Crippen LogP contribution is 2.31. The molecule has 24 heavy (non-hydrogen) atoms. The predicted octanol–water partition coefficient (Wildman–Crippen LogP) is 5.07. The van der Waals surface area contributed by atoms with Gasteiger partial charge in [-0.2, -0.15) is 5.26 Å². The van der Waals surface area contributed by atoms with E-state index >= 15 is 0 Å². The Labute approximate surface area is 146 Å². The Morgan fingerprint density at radius 1 is 0.917 bits per heavy atom. The highest BCUT2D eigenvalue weighted by Gasteiger charge is 2.08. The molecule has 0 radical (unpaired) electrons. The van der Waals surface area contributed by atoms with Gasteiger partial charge in [0.15, 0.2) is 0 Å². The van der Waals surface area contributed by atoms with E-state index in [4.69, 9.17) is 28.3 Å². The number of thiophene rings is 1. The van der Waals surface area contributed by atoms with E-state index in [0.29, 0.717) is 21.8 Å². The summed E-state index contributed by atoms with van der Waals surface area (Å²) in [5.41, 5.74) is 12.3. The first kappa shape index (κ1) is 17.7. The van der Waals surface area contributed by atoms with Crippen LogP contribution in [0.15, 0.2) is 48.5 Å². The minimum atomic E-state index is -0.439. The van der Waals surface area contributed by atoms with Crippen LogP contribution in [0.3, 0.4) is 0 Å². The Balaban J connectivity index is 0.000000198. The van der Waals surface area contributed by atoms with Crippen molar-refractivity contribution in [1.82, 2.24) is 0 Å². The maximum absolute atomic E-state index is 13.4. The summed E-state index contributed by atoms with van der Waals surface area (Å²) >= 11 is 6.61. The van der Waals surface area contributed by atoms with E-state index in [1.807, 2.05) is 6.07 Å². The Bertz CT molecular complexity index is 903. The fraction of sp³-hybridized carbons (Fsp3) is 0. The van der Waals surface area contributed by atoms with Crippen molar-refractivity contribution in [3.8, 4) is 16.5 Å². The van der Waals surface area contributed by atoms with Gasteiger partial charge in [-0.1, -0.05) is 11.6 Å². The number of anilines is 2. The maximum atomic E-state index is 13.4. The van der Waals surface area contributed by atoms with Crippen LogP contribution in [-0.2, 0) is 0 Å². The Kier molecular flexibility index (Phi) is 5.74. The summed E-state index contributed by atoms with van der Waals surface area (Å²) in [5.74, 6) is -0.763. The van der Waals surface area contributed by atoms with Gasteiger partial charge in [-0.15, -0.1) is 11.3 Å². The zero-order chi connectivity index (χ0) is 17.7. The number of rotatable bonds is 1. The van der Waals surface area contributed by atoms with Gasteiger partial charge in [0.25, 0.3) is 0 Å². The average molecular weight is 364 g/mol. The minimum absolute atomic E-state index is 0.0648. The van der Waals surface area contributed by atoms with Gasteiger partial charge < -0.3 is 11.5 Å². The molecule has 1 aromatic heterocycles. The lowest BCUT2D eigenvalue weighted by Crippen LogP contribution is -1.87. The molecule has 0 amide bonds. The van der Waals surface area contributed by atoms with Crippen LogP contribution in [0.4, 0.5) is 20.2 Å². The SMILES string of the molecule is N#Cc1ccc(-c2cc(N)ccc2F)s1.Nc1ccc(F)c(Cl)c1. The Hall–Kier alpha value is -2.62. The van der Waals surface area contributed by atoms with E-state index < -0.39 is 5.82 Å². The number of hydrogen-bond donors (Lipinski definition) is 2. The van der Waals surface area contributed by atoms with Gasteiger partial charge in [-0.05, 0) is 48.5 Å². The molecule has 0 fully saturated rings. The van der Waals surface area contributed by atoms with Gasteiger partial charge in [-0.25, -0.2) is 8.78 Å². The number of nitrogens with zero attached hydrogens (tertiary/aromatic N) is 1. The van der Waals surface area contributed by atoms with Gasteiger partial charge in [-0.3, -0.25) is 0 Å². The lowest BCUT2D eigenvalue weighted by Gasteiger charge is -2.00. The fourth-order valence-corrected chi connectivity index (χ4v) is 2.80. The molecule has 0 atom stereocenters. The molecule has 4 N–H and O–H groups in total. The van der Waals surface area contributed by atoms with Crippen LogP contribution in [0, 0.1) is 23.0 Å². The number of halogens is 3. The molecule has 0 aliphatic carbocycles. The molecule has 0 bridgehead atoms. The van der Waals surface area contributed by atoms with Crippen LogP contribution >= 0.6 is 22.9 Å². The highest BCUT2D eigenvalue weighted by molar-refractivity contribution is 7.16. The molecule has 2 aromatic carbocycles. The molecule has 1 heterocycles. The first-order chi connectivity index (χ1) is 11.4. The summed E-state index contributed by atoms with van der Waals surface area (Å²) in [6, 6.07) is 13.9. The lowest BCUT2D eigenvalue weighted by atomic mass is 10.1. The van der Waals surface area contributed by atoms with Crippen LogP contribution < -0.4 is 11.5 Å². The topological polar surface area (TPSA) is 75.8 Å². The van der Waals surface area contributed by atoms with Crippen LogP contribution in [0.1, 0.15) is 4.88 Å². The first-order valence-electron chi connectivity index (χ1n) is 6.66. The lowest BCUT2D eigenvalue weighted by molar-refractivity contribution is 0.628. The van der Waals surface area contributed by atoms with E-state index in [-0.39, 0.29) is 10.8 Å². The molecule has 122 valence electrons. The Morgan fingerprint density at radius 2 is 1.54 bits per heavy atom. The summed E-state index contributed by atoms with van der Waals surface area (Å²) < 4.78 is 25.7. The number of hydrogen-bond acceptors (Lipinski definition) is 4. The van der Waals surface area contributed by atoms with Crippen molar-refractivity contribution in [1.29, 1.82) is 5.26 Å². The van der Waals surface area contributed by atoms with Crippen LogP contribution in [0.2, 0.25) is 5.02 Å². The smallest absolute Gasteiger partial charge is 0.141 e. The van der Waals surface area contributed by atoms with Gasteiger partial charge in [0.2, 0.25) is 0 Å². The normalized spacial score (nSPS) is 9.75. The van der Waals surface area contributed by atoms with Crippen molar-refractivity contribution >= 4 is 34.3 Å². The van der Waals surface area contributed by atoms with Crippen LogP contribution in [-0.4, -0.2) is 0 Å². The first-order valence-corrected chi connectivity index (χ1v) is 7.86. The van der Waals surface area contributed by atoms with Crippen molar-refractivity contribution in [3.05, 3.63) is 70.1 Å². The second-order valence-corrected chi connectivity index (χ2v) is 6.18. The Morgan fingerprint density at radius 3 is 2.08 bits per heavy atom. The fourth-order valence-electron chi connectivity index (χ4n) is 1.79. The monoisotopic (exact) mass is 363 g/mol. The van der Waals surface area contributed by atoms with E-state index in [1.54, 1.807) is 18.2 Å². The van der Waals surface area contributed by atoms with E-state index in [0.717, 1.165) is 4.88 Å². The molecule has 3 aromatic rings. The number of nitrogen functional groups attached to an aromatic ring is 2. The molecule has 0 saturated carbocycles. The van der Waals surface area contributed by atoms with Gasteiger partial charge >= 0.3 is 0 Å². The average Bonchev–Trinajstić information content (AvgIpc) is 3.03. The minimum Gasteiger partial charge on any atom is -0.399 e. The van der Waals surface area contributed by atoms with Crippen LogP contribution in [0.25, 0.3) is 10.4 Å². The van der Waals surface area contributed by atoms with Crippen molar-refractivity contribution in [2.24, 2.45) is 0 Å². The molecule has 0 saturated heterocycles. The highest BCUT2D eigenvalue weighted by atomic mass is 35.5. The van der Waals surface area contributed by atoms with E-state index in [9.17, 15) is 8.78 Å². The third-order valence-electron chi connectivity index (χ3n) is 2.92. The summed E-state index contributed by atoms with van der Waals surface area (Å²) in [4.78, 5) is 1.28. The quantitative estimate of drug-likeness (QED) is 0.592. The van der Waals surface area contributed by atoms with Crippen molar-refractivity contribution in [2.75, 3.05) is 11.5 Å². The summed E-state index contributed by atoms with van der Waals surface area (Å²) in [6.45, 7) is 0. The summed E-state index contributed by atoms with van der Waals surface area (Å²) in [7, 11) is 0. The largest absolute Gasteiger partial charge is 0.399 e. The number of nitriles is 1. The second-order valence-electron chi connectivity index (χ2n) is 4.69. The molecule has 7 heteroatoms. The summed E-state index contributed by atoms with van der Waals surface area (Å²) in [6.07, 6.45) is 0. The third-order valence-corrected chi connectivity index (χ3v) is 4.23. The molecule has 0 unspecified atom stereocenters. The maximum Gasteiger partial charge on any atom is 0.141 e. The van der Waals surface area contributed by atoms with Crippen molar-refractivity contribution in [2.45, 2.75) is 0 Å². The zero-order valence-electron chi connectivity index (χ0n) is 12.3.